The lowest BCUT2D eigenvalue weighted by Crippen LogP contribution is -2.29. The number of amides is 1. The van der Waals surface area contributed by atoms with Gasteiger partial charge in [0.05, 0.1) is 0 Å². The number of nitrogens with two attached hydrogens (primary N) is 1. The van der Waals surface area contributed by atoms with E-state index >= 15 is 0 Å². The molecule has 0 bridgehead atoms. The minimum absolute atomic E-state index is 0.00690. The van der Waals surface area contributed by atoms with Crippen LogP contribution in [0.15, 0.2) is 35.3 Å². The summed E-state index contributed by atoms with van der Waals surface area (Å²) in [7, 11) is 0. The molecule has 0 heterocycles. The molecule has 1 aromatic rings. The fraction of sp³-hybridized carbons (Fsp3) is 0.308. The monoisotopic (exact) mass is 312 g/mol. The van der Waals surface area contributed by atoms with E-state index in [2.05, 4.69) is 27.8 Å². The minimum atomic E-state index is -0.170. The summed E-state index contributed by atoms with van der Waals surface area (Å²) in [5.41, 5.74) is 6.53. The second-order valence-corrected chi connectivity index (χ2v) is 4.59. The van der Waals surface area contributed by atoms with Crippen molar-refractivity contribution in [3.63, 3.8) is 0 Å². The average Bonchev–Trinajstić information content (AvgIpc) is 2.36. The van der Waals surface area contributed by atoms with Crippen LogP contribution >= 0.6 is 15.9 Å². The Morgan fingerprint density at radius 1 is 1.56 bits per heavy atom. The maximum atomic E-state index is 11.4. The van der Waals surface area contributed by atoms with Gasteiger partial charge in [-0.05, 0) is 36.7 Å². The van der Waals surface area contributed by atoms with Gasteiger partial charge in [0.25, 0.3) is 5.91 Å². The summed E-state index contributed by atoms with van der Waals surface area (Å²) in [4.78, 5) is 11.4. The quantitative estimate of drug-likeness (QED) is 0.752. The minimum Gasteiger partial charge on any atom is -0.483 e. The smallest absolute Gasteiger partial charge is 0.258 e. The van der Waals surface area contributed by atoms with Gasteiger partial charge in [-0.2, -0.15) is 0 Å². The molecule has 0 spiro atoms. The van der Waals surface area contributed by atoms with Crippen LogP contribution in [-0.2, 0) is 11.2 Å². The first kappa shape index (κ1) is 14.7. The maximum Gasteiger partial charge on any atom is 0.258 e. The number of halogens is 1. The van der Waals surface area contributed by atoms with Crippen molar-refractivity contribution >= 4 is 21.8 Å². The highest BCUT2D eigenvalue weighted by molar-refractivity contribution is 9.10. The van der Waals surface area contributed by atoms with Gasteiger partial charge in [0.1, 0.15) is 5.75 Å². The van der Waals surface area contributed by atoms with Crippen LogP contribution in [0.2, 0.25) is 0 Å². The summed E-state index contributed by atoms with van der Waals surface area (Å²) in [5.74, 6) is 0.522. The van der Waals surface area contributed by atoms with Crippen molar-refractivity contribution in [2.45, 2.75) is 6.42 Å². The Morgan fingerprint density at radius 2 is 2.33 bits per heavy atom. The third-order valence-electron chi connectivity index (χ3n) is 2.24. The first-order valence-corrected chi connectivity index (χ1v) is 6.45. The number of nitrogens with one attached hydrogen (secondary N) is 1. The summed E-state index contributed by atoms with van der Waals surface area (Å²) >= 11 is 3.39. The summed E-state index contributed by atoms with van der Waals surface area (Å²) < 4.78 is 6.45. The molecule has 0 atom stereocenters. The van der Waals surface area contributed by atoms with E-state index in [0.29, 0.717) is 25.3 Å². The number of hydrogen-bond acceptors (Lipinski definition) is 3. The van der Waals surface area contributed by atoms with Crippen LogP contribution in [0.1, 0.15) is 5.56 Å². The van der Waals surface area contributed by atoms with Crippen LogP contribution in [0, 0.1) is 0 Å². The van der Waals surface area contributed by atoms with E-state index in [9.17, 15) is 4.79 Å². The molecule has 0 saturated heterocycles. The molecule has 5 heteroatoms. The van der Waals surface area contributed by atoms with Crippen molar-refractivity contribution in [2.75, 3.05) is 19.7 Å². The van der Waals surface area contributed by atoms with E-state index < -0.39 is 0 Å². The first-order valence-electron chi connectivity index (χ1n) is 5.66. The molecule has 4 nitrogen and oxygen atoms in total. The van der Waals surface area contributed by atoms with Crippen molar-refractivity contribution in [3.05, 3.63) is 40.9 Å². The average molecular weight is 313 g/mol. The van der Waals surface area contributed by atoms with Gasteiger partial charge >= 0.3 is 0 Å². The van der Waals surface area contributed by atoms with Gasteiger partial charge in [-0.25, -0.2) is 0 Å². The normalized spacial score (nSPS) is 9.89. The van der Waals surface area contributed by atoms with E-state index in [-0.39, 0.29) is 12.5 Å². The number of carbonyl (C=O) groups excluding carboxylic acids is 1. The SMILES string of the molecule is C=CCNC(=O)COc1ccc(Br)cc1CCN. The van der Waals surface area contributed by atoms with E-state index in [4.69, 9.17) is 10.5 Å². The van der Waals surface area contributed by atoms with Crippen molar-refractivity contribution in [1.82, 2.24) is 5.32 Å². The fourth-order valence-corrected chi connectivity index (χ4v) is 1.83. The van der Waals surface area contributed by atoms with E-state index in [1.807, 2.05) is 18.2 Å². The zero-order chi connectivity index (χ0) is 13.4. The Labute approximate surface area is 115 Å². The molecule has 1 aromatic carbocycles. The van der Waals surface area contributed by atoms with Crippen LogP contribution in [0.4, 0.5) is 0 Å². The van der Waals surface area contributed by atoms with E-state index in [0.717, 1.165) is 10.0 Å². The Morgan fingerprint density at radius 3 is 3.00 bits per heavy atom. The largest absolute Gasteiger partial charge is 0.483 e. The van der Waals surface area contributed by atoms with E-state index in [1.54, 1.807) is 6.08 Å². The number of carbonyl (C=O) groups is 1. The third kappa shape index (κ3) is 4.89. The standard InChI is InChI=1S/C13H17BrN2O2/c1-2-7-16-13(17)9-18-12-4-3-11(14)8-10(12)5-6-15/h2-4,8H,1,5-7,9,15H2,(H,16,17). The van der Waals surface area contributed by atoms with Crippen molar-refractivity contribution in [3.8, 4) is 5.75 Å². The van der Waals surface area contributed by atoms with Crippen LogP contribution < -0.4 is 15.8 Å². The summed E-state index contributed by atoms with van der Waals surface area (Å²) in [6, 6.07) is 5.65. The second kappa shape index (κ2) is 7.89. The highest BCUT2D eigenvalue weighted by atomic mass is 79.9. The lowest BCUT2D eigenvalue weighted by molar-refractivity contribution is -0.122. The predicted molar refractivity (Wildman–Crippen MR) is 75.6 cm³/mol. The maximum absolute atomic E-state index is 11.4. The van der Waals surface area contributed by atoms with Gasteiger partial charge in [0.15, 0.2) is 6.61 Å². The molecule has 0 radical (unpaired) electrons. The zero-order valence-corrected chi connectivity index (χ0v) is 11.7. The summed E-state index contributed by atoms with van der Waals surface area (Å²) in [6.07, 6.45) is 2.33. The number of benzene rings is 1. The highest BCUT2D eigenvalue weighted by Gasteiger charge is 2.06. The molecule has 0 fully saturated rings. The molecule has 0 aliphatic heterocycles. The van der Waals surface area contributed by atoms with Gasteiger partial charge in [-0.15, -0.1) is 6.58 Å². The highest BCUT2D eigenvalue weighted by Crippen LogP contribution is 2.23. The van der Waals surface area contributed by atoms with Gasteiger partial charge < -0.3 is 15.8 Å². The molecule has 0 saturated carbocycles. The number of hydrogen-bond donors (Lipinski definition) is 2. The van der Waals surface area contributed by atoms with Gasteiger partial charge in [0, 0.05) is 11.0 Å². The molecule has 18 heavy (non-hydrogen) atoms. The molecular formula is C13H17BrN2O2. The topological polar surface area (TPSA) is 64.3 Å². The second-order valence-electron chi connectivity index (χ2n) is 3.67. The van der Waals surface area contributed by atoms with Crippen LogP contribution in [0.25, 0.3) is 0 Å². The third-order valence-corrected chi connectivity index (χ3v) is 2.73. The zero-order valence-electron chi connectivity index (χ0n) is 10.1. The number of rotatable bonds is 7. The van der Waals surface area contributed by atoms with Crippen molar-refractivity contribution in [1.29, 1.82) is 0 Å². The molecule has 0 aliphatic carbocycles. The van der Waals surface area contributed by atoms with Crippen molar-refractivity contribution in [2.24, 2.45) is 5.73 Å². The Bertz CT molecular complexity index is 421. The van der Waals surface area contributed by atoms with E-state index in [1.165, 1.54) is 0 Å². The first-order chi connectivity index (χ1) is 8.67. The summed E-state index contributed by atoms with van der Waals surface area (Å²) in [5, 5.41) is 2.65. The van der Waals surface area contributed by atoms with Gasteiger partial charge in [0.2, 0.25) is 0 Å². The molecular weight excluding hydrogens is 296 g/mol. The molecule has 3 N–H and O–H groups in total. The molecule has 98 valence electrons. The lowest BCUT2D eigenvalue weighted by atomic mass is 10.1. The van der Waals surface area contributed by atoms with Crippen LogP contribution in [0.3, 0.4) is 0 Å². The van der Waals surface area contributed by atoms with Gasteiger partial charge in [-0.3, -0.25) is 4.79 Å². The predicted octanol–water partition coefficient (Wildman–Crippen LogP) is 1.63. The van der Waals surface area contributed by atoms with Gasteiger partial charge in [-0.1, -0.05) is 22.0 Å². The number of ether oxygens (including phenoxy) is 1. The lowest BCUT2D eigenvalue weighted by Gasteiger charge is -2.11. The Kier molecular flexibility index (Phi) is 6.46. The Hall–Kier alpha value is -1.33. The summed E-state index contributed by atoms with van der Waals surface area (Å²) in [6.45, 7) is 4.50. The van der Waals surface area contributed by atoms with Crippen LogP contribution in [0.5, 0.6) is 5.75 Å². The van der Waals surface area contributed by atoms with Crippen LogP contribution in [-0.4, -0.2) is 25.6 Å². The van der Waals surface area contributed by atoms with Crippen molar-refractivity contribution < 1.29 is 9.53 Å². The molecule has 0 unspecified atom stereocenters. The molecule has 1 amide bonds. The molecule has 1 rings (SSSR count). The Balaban J connectivity index is 2.60. The molecule has 0 aliphatic rings. The fourth-order valence-electron chi connectivity index (χ4n) is 1.42. The molecule has 0 aromatic heterocycles.